The van der Waals surface area contributed by atoms with E-state index >= 15 is 0 Å². The van der Waals surface area contributed by atoms with Crippen LogP contribution in [0, 0.1) is 6.92 Å². The highest BCUT2D eigenvalue weighted by Gasteiger charge is 2.15. The largest absolute Gasteiger partial charge is 0.360 e. The van der Waals surface area contributed by atoms with E-state index < -0.39 is 0 Å². The lowest BCUT2D eigenvalue weighted by Crippen LogP contribution is -2.22. The van der Waals surface area contributed by atoms with Gasteiger partial charge in [-0.15, -0.1) is 11.8 Å². The van der Waals surface area contributed by atoms with Crippen molar-refractivity contribution in [1.82, 2.24) is 5.16 Å². The Morgan fingerprint density at radius 3 is 2.90 bits per heavy atom. The molecule has 1 aromatic carbocycles. The number of nitrogens with zero attached hydrogens (tertiary/aromatic N) is 1. The summed E-state index contributed by atoms with van der Waals surface area (Å²) in [6.45, 7) is 3.66. The normalized spacial score (nSPS) is 12.2. The molecule has 1 N–H and O–H groups in total. The van der Waals surface area contributed by atoms with Crippen molar-refractivity contribution in [3.05, 3.63) is 46.1 Å². The predicted molar refractivity (Wildman–Crippen MR) is 84.8 cm³/mol. The highest BCUT2D eigenvalue weighted by Crippen LogP contribution is 2.24. The molecule has 0 unspecified atom stereocenters. The second kappa shape index (κ2) is 6.95. The quantitative estimate of drug-likeness (QED) is 0.881. The minimum atomic E-state index is -0.167. The van der Waals surface area contributed by atoms with Gasteiger partial charge in [0.1, 0.15) is 5.76 Å². The summed E-state index contributed by atoms with van der Waals surface area (Å²) in [7, 11) is 0. The van der Waals surface area contributed by atoms with E-state index in [1.807, 2.05) is 31.2 Å². The third-order valence-corrected chi connectivity index (χ3v) is 4.66. The van der Waals surface area contributed by atoms with Gasteiger partial charge in [-0.25, -0.2) is 0 Å². The summed E-state index contributed by atoms with van der Waals surface area (Å²) in [6, 6.07) is 9.70. The molecule has 2 rings (SSSR count). The molecule has 0 aliphatic rings. The van der Waals surface area contributed by atoms with Crippen LogP contribution in [-0.2, 0) is 10.5 Å². The average molecular weight is 355 g/mol. The van der Waals surface area contributed by atoms with Gasteiger partial charge in [-0.2, -0.15) is 0 Å². The van der Waals surface area contributed by atoms with Crippen LogP contribution in [0.25, 0.3) is 0 Å². The summed E-state index contributed by atoms with van der Waals surface area (Å²) in [6.07, 6.45) is 0. The molecule has 1 heterocycles. The molecule has 0 bridgehead atoms. The van der Waals surface area contributed by atoms with E-state index in [9.17, 15) is 4.79 Å². The molecule has 0 fully saturated rings. The Labute approximate surface area is 130 Å². The van der Waals surface area contributed by atoms with Crippen LogP contribution in [-0.4, -0.2) is 16.3 Å². The topological polar surface area (TPSA) is 55.1 Å². The van der Waals surface area contributed by atoms with Crippen LogP contribution in [0.5, 0.6) is 0 Å². The Kier molecular flexibility index (Phi) is 5.25. The van der Waals surface area contributed by atoms with Crippen molar-refractivity contribution in [1.29, 1.82) is 0 Å². The first-order chi connectivity index (χ1) is 9.56. The minimum absolute atomic E-state index is 0.0737. The maximum Gasteiger partial charge on any atom is 0.238 e. The molecular weight excluding hydrogens is 340 g/mol. The minimum Gasteiger partial charge on any atom is -0.360 e. The fourth-order valence-electron chi connectivity index (χ4n) is 1.56. The van der Waals surface area contributed by atoms with E-state index in [0.29, 0.717) is 11.6 Å². The fourth-order valence-corrected chi connectivity index (χ4v) is 3.06. The maximum absolute atomic E-state index is 12.0. The Balaban J connectivity index is 1.87. The molecule has 0 spiro atoms. The Morgan fingerprint density at radius 2 is 2.25 bits per heavy atom. The van der Waals surface area contributed by atoms with Gasteiger partial charge >= 0.3 is 0 Å². The van der Waals surface area contributed by atoms with E-state index in [-0.39, 0.29) is 11.2 Å². The molecule has 0 saturated heterocycles. The first-order valence-corrected chi connectivity index (χ1v) is 7.99. The number of aryl methyl sites for hydroxylation is 1. The highest BCUT2D eigenvalue weighted by atomic mass is 79.9. The van der Waals surface area contributed by atoms with Gasteiger partial charge < -0.3 is 9.84 Å². The van der Waals surface area contributed by atoms with Crippen LogP contribution in [0.2, 0.25) is 0 Å². The smallest absolute Gasteiger partial charge is 0.238 e. The predicted octanol–water partition coefficient (Wildman–Crippen LogP) is 4.01. The van der Waals surface area contributed by atoms with Crippen LogP contribution in [0.15, 0.2) is 39.3 Å². The number of halogens is 1. The third-order valence-electron chi connectivity index (χ3n) is 2.70. The molecule has 20 heavy (non-hydrogen) atoms. The lowest BCUT2D eigenvalue weighted by molar-refractivity contribution is -0.115. The van der Waals surface area contributed by atoms with Crippen LogP contribution in [0.3, 0.4) is 0 Å². The van der Waals surface area contributed by atoms with E-state index in [2.05, 4.69) is 26.4 Å². The number of hydrogen-bond donors (Lipinski definition) is 1. The lowest BCUT2D eigenvalue weighted by Gasteiger charge is -2.11. The average Bonchev–Trinajstić information content (AvgIpc) is 2.82. The summed E-state index contributed by atoms with van der Waals surface area (Å²) in [5, 5.41) is 6.32. The van der Waals surface area contributed by atoms with Gasteiger partial charge in [0.2, 0.25) is 5.91 Å². The van der Waals surface area contributed by atoms with E-state index in [1.54, 1.807) is 24.8 Å². The standard InChI is InChI=1S/C14H15BrN2O2S/c1-9-7-13(17-19-9)16-14(18)10(2)20-8-11-5-3-4-6-12(11)15/h3-7,10H,8H2,1-2H3,(H,16,17,18)/t10-/m0/s1. The Morgan fingerprint density at radius 1 is 1.50 bits per heavy atom. The lowest BCUT2D eigenvalue weighted by atomic mass is 10.2. The monoisotopic (exact) mass is 354 g/mol. The summed E-state index contributed by atoms with van der Waals surface area (Å²) in [5.74, 6) is 1.83. The van der Waals surface area contributed by atoms with Gasteiger partial charge in [0.15, 0.2) is 5.82 Å². The zero-order valence-electron chi connectivity index (χ0n) is 11.2. The van der Waals surface area contributed by atoms with Gasteiger partial charge in [-0.1, -0.05) is 39.3 Å². The van der Waals surface area contributed by atoms with Gasteiger partial charge in [0.25, 0.3) is 0 Å². The van der Waals surface area contributed by atoms with Crippen molar-refractivity contribution < 1.29 is 9.32 Å². The molecule has 1 aromatic heterocycles. The molecule has 2 aromatic rings. The van der Waals surface area contributed by atoms with E-state index in [1.165, 1.54) is 5.56 Å². The second-order valence-electron chi connectivity index (χ2n) is 4.36. The van der Waals surface area contributed by atoms with Gasteiger partial charge in [-0.3, -0.25) is 4.79 Å². The van der Waals surface area contributed by atoms with Crippen LogP contribution < -0.4 is 5.32 Å². The van der Waals surface area contributed by atoms with Crippen LogP contribution >= 0.6 is 27.7 Å². The number of hydrogen-bond acceptors (Lipinski definition) is 4. The summed E-state index contributed by atoms with van der Waals surface area (Å²) < 4.78 is 5.97. The zero-order valence-corrected chi connectivity index (χ0v) is 13.6. The number of benzene rings is 1. The summed E-state index contributed by atoms with van der Waals surface area (Å²) in [5.41, 5.74) is 1.18. The number of nitrogens with one attached hydrogen (secondary N) is 1. The number of rotatable bonds is 5. The van der Waals surface area contributed by atoms with Crippen molar-refractivity contribution in [2.24, 2.45) is 0 Å². The first kappa shape index (κ1) is 15.1. The van der Waals surface area contributed by atoms with Crippen molar-refractivity contribution >= 4 is 39.4 Å². The number of carbonyl (C=O) groups excluding carboxylic acids is 1. The molecule has 0 aliphatic carbocycles. The van der Waals surface area contributed by atoms with Crippen molar-refractivity contribution in [3.8, 4) is 0 Å². The Hall–Kier alpha value is -1.27. The number of amides is 1. The second-order valence-corrected chi connectivity index (χ2v) is 6.54. The van der Waals surface area contributed by atoms with E-state index in [0.717, 1.165) is 10.2 Å². The fraction of sp³-hybridized carbons (Fsp3) is 0.286. The summed E-state index contributed by atoms with van der Waals surface area (Å²) in [4.78, 5) is 12.0. The molecule has 4 nitrogen and oxygen atoms in total. The van der Waals surface area contributed by atoms with Gasteiger partial charge in [-0.05, 0) is 25.5 Å². The van der Waals surface area contributed by atoms with Crippen LogP contribution in [0.1, 0.15) is 18.2 Å². The number of thioether (sulfide) groups is 1. The van der Waals surface area contributed by atoms with Crippen molar-refractivity contribution in [2.45, 2.75) is 24.9 Å². The van der Waals surface area contributed by atoms with Gasteiger partial charge in [0.05, 0.1) is 5.25 Å². The molecular formula is C14H15BrN2O2S. The highest BCUT2D eigenvalue weighted by molar-refractivity contribution is 9.10. The molecule has 1 amide bonds. The van der Waals surface area contributed by atoms with Crippen molar-refractivity contribution in [2.75, 3.05) is 5.32 Å². The number of carbonyl (C=O) groups is 1. The molecule has 0 aliphatic heterocycles. The molecule has 6 heteroatoms. The summed E-state index contributed by atoms with van der Waals surface area (Å²) >= 11 is 5.08. The maximum atomic E-state index is 12.0. The molecule has 0 radical (unpaired) electrons. The van der Waals surface area contributed by atoms with Gasteiger partial charge in [0, 0.05) is 16.3 Å². The SMILES string of the molecule is Cc1cc(NC(=O)[C@H](C)SCc2ccccc2Br)no1. The molecule has 106 valence electrons. The van der Waals surface area contributed by atoms with E-state index in [4.69, 9.17) is 4.52 Å². The number of aromatic nitrogens is 1. The Bertz CT molecular complexity index is 600. The van der Waals surface area contributed by atoms with Crippen LogP contribution in [0.4, 0.5) is 5.82 Å². The third kappa shape index (κ3) is 4.11. The molecule has 1 atom stereocenters. The number of anilines is 1. The van der Waals surface area contributed by atoms with Crippen molar-refractivity contribution in [3.63, 3.8) is 0 Å². The zero-order chi connectivity index (χ0) is 14.5. The molecule has 0 saturated carbocycles. The first-order valence-electron chi connectivity index (χ1n) is 6.15.